The number of hydrogen-bond acceptors (Lipinski definition) is 4. The van der Waals surface area contributed by atoms with Gasteiger partial charge in [0.2, 0.25) is 5.91 Å². The zero-order valence-corrected chi connectivity index (χ0v) is 18.4. The Balaban J connectivity index is 1.91. The minimum Gasteiger partial charge on any atom is -0.357 e. The largest absolute Gasteiger partial charge is 0.357 e. The van der Waals surface area contributed by atoms with E-state index in [0.717, 1.165) is 49.1 Å². The predicted molar refractivity (Wildman–Crippen MR) is 113 cm³/mol. The van der Waals surface area contributed by atoms with Crippen molar-refractivity contribution in [1.82, 2.24) is 20.5 Å². The monoisotopic (exact) mass is 393 g/mol. The minimum atomic E-state index is 0.0720. The lowest BCUT2D eigenvalue weighted by molar-refractivity contribution is -0.135. The number of carbonyl (C=O) groups is 1. The van der Waals surface area contributed by atoms with Crippen LogP contribution in [0.1, 0.15) is 65.1 Å². The Morgan fingerprint density at radius 1 is 1.37 bits per heavy atom. The number of nitrogens with one attached hydrogen (secondary N) is 2. The van der Waals surface area contributed by atoms with Gasteiger partial charge in [-0.25, -0.2) is 9.98 Å². The SMILES string of the molecule is CCNC(=NCc1nc(C(C)(C)C)cs1)NC1CCN(C(=O)C(C)C)CC1. The van der Waals surface area contributed by atoms with Crippen molar-refractivity contribution in [2.24, 2.45) is 10.9 Å². The highest BCUT2D eigenvalue weighted by Gasteiger charge is 2.24. The van der Waals surface area contributed by atoms with E-state index in [1.54, 1.807) is 11.3 Å². The van der Waals surface area contributed by atoms with Gasteiger partial charge in [0.05, 0.1) is 12.2 Å². The fourth-order valence-electron chi connectivity index (χ4n) is 3.00. The molecule has 0 aromatic carbocycles. The lowest BCUT2D eigenvalue weighted by atomic mass is 9.93. The summed E-state index contributed by atoms with van der Waals surface area (Å²) in [5.74, 6) is 1.16. The Labute approximate surface area is 167 Å². The van der Waals surface area contributed by atoms with Gasteiger partial charge in [-0.15, -0.1) is 11.3 Å². The van der Waals surface area contributed by atoms with E-state index in [9.17, 15) is 4.79 Å². The molecule has 1 aromatic heterocycles. The van der Waals surface area contributed by atoms with Crippen molar-refractivity contribution in [3.05, 3.63) is 16.1 Å². The van der Waals surface area contributed by atoms with E-state index < -0.39 is 0 Å². The summed E-state index contributed by atoms with van der Waals surface area (Å²) in [4.78, 5) is 23.5. The third kappa shape index (κ3) is 6.48. The Hall–Kier alpha value is -1.63. The van der Waals surface area contributed by atoms with Gasteiger partial charge in [-0.2, -0.15) is 0 Å². The molecule has 1 saturated heterocycles. The standard InChI is InChI=1S/C20H35N5OS/c1-7-21-19(22-12-17-24-16(13-27-17)20(4,5)6)23-15-8-10-25(11-9-15)18(26)14(2)3/h13-15H,7-12H2,1-6H3,(H2,21,22,23). The van der Waals surface area contributed by atoms with Gasteiger partial charge >= 0.3 is 0 Å². The van der Waals surface area contributed by atoms with Gasteiger partial charge in [0.15, 0.2) is 5.96 Å². The van der Waals surface area contributed by atoms with Crippen LogP contribution in [0.25, 0.3) is 0 Å². The molecule has 152 valence electrons. The molecular formula is C20H35N5OS. The number of guanidine groups is 1. The number of piperidine rings is 1. The maximum absolute atomic E-state index is 12.1. The number of amides is 1. The number of likely N-dealkylation sites (tertiary alicyclic amines) is 1. The maximum Gasteiger partial charge on any atom is 0.225 e. The highest BCUT2D eigenvalue weighted by Crippen LogP contribution is 2.24. The quantitative estimate of drug-likeness (QED) is 0.596. The molecule has 1 aromatic rings. The number of rotatable bonds is 5. The predicted octanol–water partition coefficient (Wildman–Crippen LogP) is 3.14. The summed E-state index contributed by atoms with van der Waals surface area (Å²) in [6.45, 7) is 15.6. The molecule has 0 radical (unpaired) electrons. The summed E-state index contributed by atoms with van der Waals surface area (Å²) in [5, 5.41) is 10.0. The lowest BCUT2D eigenvalue weighted by Crippen LogP contribution is -2.50. The third-order valence-corrected chi connectivity index (χ3v) is 5.51. The van der Waals surface area contributed by atoms with Gasteiger partial charge < -0.3 is 15.5 Å². The Bertz CT molecular complexity index is 639. The number of thiazole rings is 1. The number of aromatic nitrogens is 1. The van der Waals surface area contributed by atoms with Crippen molar-refractivity contribution in [2.75, 3.05) is 19.6 Å². The van der Waals surface area contributed by atoms with E-state index in [-0.39, 0.29) is 17.2 Å². The van der Waals surface area contributed by atoms with Crippen LogP contribution in [0.15, 0.2) is 10.4 Å². The van der Waals surface area contributed by atoms with Crippen LogP contribution >= 0.6 is 11.3 Å². The smallest absolute Gasteiger partial charge is 0.225 e. The fraction of sp³-hybridized carbons (Fsp3) is 0.750. The van der Waals surface area contributed by atoms with Gasteiger partial charge in [0.1, 0.15) is 5.01 Å². The zero-order valence-electron chi connectivity index (χ0n) is 17.6. The Kier molecular flexibility index (Phi) is 7.65. The van der Waals surface area contributed by atoms with Crippen LogP contribution in [-0.2, 0) is 16.8 Å². The van der Waals surface area contributed by atoms with Crippen LogP contribution < -0.4 is 10.6 Å². The Morgan fingerprint density at radius 2 is 2.04 bits per heavy atom. The first-order valence-electron chi connectivity index (χ1n) is 9.99. The molecule has 0 spiro atoms. The van der Waals surface area contributed by atoms with E-state index in [1.807, 2.05) is 18.7 Å². The van der Waals surface area contributed by atoms with Crippen molar-refractivity contribution >= 4 is 23.2 Å². The van der Waals surface area contributed by atoms with E-state index in [1.165, 1.54) is 0 Å². The summed E-state index contributed by atoms with van der Waals surface area (Å²) >= 11 is 1.67. The van der Waals surface area contributed by atoms with Crippen LogP contribution in [0.2, 0.25) is 0 Å². The van der Waals surface area contributed by atoms with Crippen molar-refractivity contribution in [1.29, 1.82) is 0 Å². The molecule has 0 atom stereocenters. The van der Waals surface area contributed by atoms with Crippen molar-refractivity contribution in [2.45, 2.75) is 72.4 Å². The molecule has 2 rings (SSSR count). The fourth-order valence-corrected chi connectivity index (χ4v) is 3.94. The molecule has 2 N–H and O–H groups in total. The van der Waals surface area contributed by atoms with Crippen LogP contribution in [0.4, 0.5) is 0 Å². The van der Waals surface area contributed by atoms with Gasteiger partial charge in [0.25, 0.3) is 0 Å². The summed E-state index contributed by atoms with van der Waals surface area (Å²) < 4.78 is 0. The van der Waals surface area contributed by atoms with E-state index >= 15 is 0 Å². The molecule has 1 fully saturated rings. The first kappa shape index (κ1) is 21.7. The number of carbonyl (C=O) groups excluding carboxylic acids is 1. The van der Waals surface area contributed by atoms with Crippen molar-refractivity contribution in [3.8, 4) is 0 Å². The molecule has 1 aliphatic rings. The van der Waals surface area contributed by atoms with E-state index in [4.69, 9.17) is 9.98 Å². The maximum atomic E-state index is 12.1. The molecular weight excluding hydrogens is 358 g/mol. The molecule has 0 aliphatic carbocycles. The molecule has 0 bridgehead atoms. The molecule has 1 amide bonds. The van der Waals surface area contributed by atoms with Gasteiger partial charge in [0, 0.05) is 42.4 Å². The van der Waals surface area contributed by atoms with Crippen LogP contribution in [-0.4, -0.2) is 47.4 Å². The van der Waals surface area contributed by atoms with Gasteiger partial charge in [-0.3, -0.25) is 4.79 Å². The van der Waals surface area contributed by atoms with E-state index in [2.05, 4.69) is 43.7 Å². The zero-order chi connectivity index (χ0) is 20.0. The van der Waals surface area contributed by atoms with E-state index in [0.29, 0.717) is 12.6 Å². The first-order valence-corrected chi connectivity index (χ1v) is 10.9. The second-order valence-electron chi connectivity index (χ2n) is 8.47. The average Bonchev–Trinajstić information content (AvgIpc) is 3.09. The average molecular weight is 394 g/mol. The van der Waals surface area contributed by atoms with Crippen LogP contribution in [0, 0.1) is 5.92 Å². The summed E-state index contributed by atoms with van der Waals surface area (Å²) in [6.07, 6.45) is 1.91. The van der Waals surface area contributed by atoms with Gasteiger partial charge in [-0.1, -0.05) is 34.6 Å². The van der Waals surface area contributed by atoms with Crippen molar-refractivity contribution in [3.63, 3.8) is 0 Å². The minimum absolute atomic E-state index is 0.0720. The highest BCUT2D eigenvalue weighted by molar-refractivity contribution is 7.09. The third-order valence-electron chi connectivity index (χ3n) is 4.68. The normalized spacial score (nSPS) is 16.7. The number of nitrogens with zero attached hydrogens (tertiary/aromatic N) is 3. The second kappa shape index (κ2) is 9.53. The number of hydrogen-bond donors (Lipinski definition) is 2. The summed E-state index contributed by atoms with van der Waals surface area (Å²) in [5.41, 5.74) is 1.20. The topological polar surface area (TPSA) is 69.6 Å². The summed E-state index contributed by atoms with van der Waals surface area (Å²) in [6, 6.07) is 0.348. The summed E-state index contributed by atoms with van der Waals surface area (Å²) in [7, 11) is 0. The molecule has 0 unspecified atom stereocenters. The van der Waals surface area contributed by atoms with Crippen LogP contribution in [0.5, 0.6) is 0 Å². The molecule has 7 heteroatoms. The molecule has 6 nitrogen and oxygen atoms in total. The van der Waals surface area contributed by atoms with Gasteiger partial charge in [-0.05, 0) is 19.8 Å². The Morgan fingerprint density at radius 3 is 2.56 bits per heavy atom. The molecule has 2 heterocycles. The molecule has 27 heavy (non-hydrogen) atoms. The van der Waals surface area contributed by atoms with Crippen molar-refractivity contribution < 1.29 is 4.79 Å². The molecule has 0 saturated carbocycles. The second-order valence-corrected chi connectivity index (χ2v) is 9.41. The van der Waals surface area contributed by atoms with Crippen LogP contribution in [0.3, 0.4) is 0 Å². The highest BCUT2D eigenvalue weighted by atomic mass is 32.1. The first-order chi connectivity index (χ1) is 12.7. The molecule has 1 aliphatic heterocycles. The lowest BCUT2D eigenvalue weighted by Gasteiger charge is -2.34. The number of aliphatic imine (C=N–C) groups is 1.